The van der Waals surface area contributed by atoms with E-state index >= 15 is 0 Å². The number of rotatable bonds is 3. The van der Waals surface area contributed by atoms with Crippen molar-refractivity contribution in [3.63, 3.8) is 0 Å². The van der Waals surface area contributed by atoms with Gasteiger partial charge in [0.2, 0.25) is 10.0 Å². The van der Waals surface area contributed by atoms with E-state index in [9.17, 15) is 21.6 Å². The lowest BCUT2D eigenvalue weighted by Crippen LogP contribution is -2.50. The molecule has 0 aromatic heterocycles. The van der Waals surface area contributed by atoms with Crippen LogP contribution >= 0.6 is 0 Å². The number of nitrogens with zero attached hydrogens (tertiary/aromatic N) is 2. The van der Waals surface area contributed by atoms with Crippen LogP contribution in [0, 0.1) is 0 Å². The van der Waals surface area contributed by atoms with Crippen LogP contribution in [0.2, 0.25) is 0 Å². The Labute approximate surface area is 115 Å². The van der Waals surface area contributed by atoms with E-state index in [0.29, 0.717) is 0 Å². The van der Waals surface area contributed by atoms with Crippen molar-refractivity contribution in [1.82, 2.24) is 9.21 Å². The van der Waals surface area contributed by atoms with Gasteiger partial charge in [0.05, 0.1) is 11.4 Å². The van der Waals surface area contributed by atoms with Crippen LogP contribution < -0.4 is 0 Å². The summed E-state index contributed by atoms with van der Waals surface area (Å²) in [5, 5.41) is 0. The Balaban J connectivity index is 2.01. The number of hydrogen-bond donors (Lipinski definition) is 0. The van der Waals surface area contributed by atoms with Gasteiger partial charge < -0.3 is 0 Å². The molecule has 0 unspecified atom stereocenters. The van der Waals surface area contributed by atoms with Gasteiger partial charge in [-0.15, -0.1) is 0 Å². The molecule has 1 fully saturated rings. The van der Waals surface area contributed by atoms with E-state index in [4.69, 9.17) is 0 Å². The Morgan fingerprint density at radius 3 is 2.05 bits per heavy atom. The molecule has 0 N–H and O–H groups in total. The maximum atomic E-state index is 12.3. The van der Waals surface area contributed by atoms with E-state index in [1.807, 2.05) is 0 Å². The molecule has 0 atom stereocenters. The summed E-state index contributed by atoms with van der Waals surface area (Å²) in [4.78, 5) is 1.39. The van der Waals surface area contributed by atoms with E-state index < -0.39 is 22.7 Å². The van der Waals surface area contributed by atoms with Crippen LogP contribution in [0.25, 0.3) is 0 Å². The molecule has 1 saturated heterocycles. The third-order valence-electron chi connectivity index (χ3n) is 3.12. The summed E-state index contributed by atoms with van der Waals surface area (Å²) in [5.74, 6) is 0. The van der Waals surface area contributed by atoms with Crippen LogP contribution in [-0.4, -0.2) is 56.5 Å². The van der Waals surface area contributed by atoms with E-state index in [2.05, 4.69) is 0 Å². The number of piperazine rings is 1. The second-order valence-electron chi connectivity index (χ2n) is 4.61. The largest absolute Gasteiger partial charge is 0.401 e. The van der Waals surface area contributed by atoms with Gasteiger partial charge in [-0.1, -0.05) is 18.2 Å². The zero-order valence-corrected chi connectivity index (χ0v) is 11.5. The normalized spacial score (nSPS) is 19.1. The minimum atomic E-state index is -4.25. The van der Waals surface area contributed by atoms with Crippen molar-refractivity contribution in [3.05, 3.63) is 30.3 Å². The Bertz CT molecular complexity index is 538. The lowest BCUT2D eigenvalue weighted by Gasteiger charge is -2.34. The summed E-state index contributed by atoms with van der Waals surface area (Å²) < 4.78 is 62.5. The van der Waals surface area contributed by atoms with Crippen LogP contribution in [0.5, 0.6) is 0 Å². The molecule has 1 heterocycles. The van der Waals surface area contributed by atoms with Crippen molar-refractivity contribution in [2.45, 2.75) is 11.1 Å². The fourth-order valence-electron chi connectivity index (χ4n) is 2.12. The summed E-state index contributed by atoms with van der Waals surface area (Å²) >= 11 is 0. The van der Waals surface area contributed by atoms with Crippen LogP contribution in [-0.2, 0) is 10.0 Å². The van der Waals surface area contributed by atoms with E-state index in [1.54, 1.807) is 18.2 Å². The Morgan fingerprint density at radius 2 is 1.55 bits per heavy atom. The topological polar surface area (TPSA) is 40.6 Å². The standard InChI is InChI=1S/C12H15F3N2O2S/c13-12(14,15)10-16-6-8-17(9-7-16)20(18,19)11-4-2-1-3-5-11/h1-5H,6-10H2. The summed E-state index contributed by atoms with van der Waals surface area (Å²) in [6, 6.07) is 7.91. The molecule has 1 aromatic rings. The molecule has 0 amide bonds. The van der Waals surface area contributed by atoms with Crippen molar-refractivity contribution >= 4 is 10.0 Å². The van der Waals surface area contributed by atoms with Crippen molar-refractivity contribution in [1.29, 1.82) is 0 Å². The first-order valence-electron chi connectivity index (χ1n) is 6.13. The smallest absolute Gasteiger partial charge is 0.292 e. The second-order valence-corrected chi connectivity index (χ2v) is 6.55. The molecule has 1 aliphatic heterocycles. The minimum Gasteiger partial charge on any atom is -0.292 e. The molecular formula is C12H15F3N2O2S. The van der Waals surface area contributed by atoms with Gasteiger partial charge in [0.1, 0.15) is 0 Å². The van der Waals surface area contributed by atoms with Crippen molar-refractivity contribution < 1.29 is 21.6 Å². The van der Waals surface area contributed by atoms with Gasteiger partial charge in [-0.05, 0) is 12.1 Å². The maximum absolute atomic E-state index is 12.3. The van der Waals surface area contributed by atoms with Crippen LogP contribution in [0.3, 0.4) is 0 Å². The number of alkyl halides is 3. The van der Waals surface area contributed by atoms with Crippen molar-refractivity contribution in [2.24, 2.45) is 0 Å². The Hall–Kier alpha value is -1.12. The summed E-state index contributed by atoms with van der Waals surface area (Å²) in [6.45, 7) is -0.663. The minimum absolute atomic E-state index is 0.0767. The van der Waals surface area contributed by atoms with E-state index in [1.165, 1.54) is 21.3 Å². The quantitative estimate of drug-likeness (QED) is 0.851. The van der Waals surface area contributed by atoms with Crippen LogP contribution in [0.4, 0.5) is 13.2 Å². The molecule has 2 rings (SSSR count). The average Bonchev–Trinajstić information content (AvgIpc) is 2.38. The van der Waals surface area contributed by atoms with Gasteiger partial charge >= 0.3 is 6.18 Å². The molecule has 0 spiro atoms. The molecule has 8 heteroatoms. The van der Waals surface area contributed by atoms with Gasteiger partial charge in [-0.25, -0.2) is 8.42 Å². The van der Waals surface area contributed by atoms with Gasteiger partial charge in [0, 0.05) is 26.2 Å². The third-order valence-corrected chi connectivity index (χ3v) is 5.03. The average molecular weight is 308 g/mol. The van der Waals surface area contributed by atoms with Crippen LogP contribution in [0.15, 0.2) is 35.2 Å². The highest BCUT2D eigenvalue weighted by molar-refractivity contribution is 7.89. The molecule has 1 aromatic carbocycles. The van der Waals surface area contributed by atoms with E-state index in [0.717, 1.165) is 0 Å². The predicted octanol–water partition coefficient (Wildman–Crippen LogP) is 1.56. The highest BCUT2D eigenvalue weighted by atomic mass is 32.2. The molecule has 0 bridgehead atoms. The number of hydrogen-bond acceptors (Lipinski definition) is 3. The van der Waals surface area contributed by atoms with E-state index in [-0.39, 0.29) is 31.1 Å². The molecule has 112 valence electrons. The first kappa shape index (κ1) is 15.3. The fraction of sp³-hybridized carbons (Fsp3) is 0.500. The summed E-state index contributed by atoms with van der Waals surface area (Å²) in [7, 11) is -3.60. The molecule has 4 nitrogen and oxygen atoms in total. The van der Waals surface area contributed by atoms with Gasteiger partial charge in [0.15, 0.2) is 0 Å². The first-order chi connectivity index (χ1) is 9.29. The Kier molecular flexibility index (Phi) is 4.36. The zero-order chi connectivity index (χ0) is 14.8. The summed E-state index contributed by atoms with van der Waals surface area (Å²) in [5.41, 5.74) is 0. The summed E-state index contributed by atoms with van der Waals surface area (Å²) in [6.07, 6.45) is -4.25. The van der Waals surface area contributed by atoms with Crippen LogP contribution in [0.1, 0.15) is 0 Å². The Morgan fingerprint density at radius 1 is 1.00 bits per heavy atom. The zero-order valence-electron chi connectivity index (χ0n) is 10.7. The number of halogens is 3. The molecule has 0 radical (unpaired) electrons. The van der Waals surface area contributed by atoms with Gasteiger partial charge in [-0.2, -0.15) is 17.5 Å². The van der Waals surface area contributed by atoms with Crippen molar-refractivity contribution in [3.8, 4) is 0 Å². The highest BCUT2D eigenvalue weighted by Crippen LogP contribution is 2.20. The number of benzene rings is 1. The monoisotopic (exact) mass is 308 g/mol. The molecular weight excluding hydrogens is 293 g/mol. The lowest BCUT2D eigenvalue weighted by molar-refractivity contribution is -0.148. The van der Waals surface area contributed by atoms with Gasteiger partial charge in [0.25, 0.3) is 0 Å². The predicted molar refractivity (Wildman–Crippen MR) is 67.7 cm³/mol. The molecule has 20 heavy (non-hydrogen) atoms. The third kappa shape index (κ3) is 3.71. The first-order valence-corrected chi connectivity index (χ1v) is 7.57. The van der Waals surface area contributed by atoms with Crippen molar-refractivity contribution in [2.75, 3.05) is 32.7 Å². The molecule has 0 aliphatic carbocycles. The lowest BCUT2D eigenvalue weighted by atomic mass is 10.3. The second kappa shape index (κ2) is 5.71. The SMILES string of the molecule is O=S(=O)(c1ccccc1)N1CCN(CC(F)(F)F)CC1. The molecule has 1 aliphatic rings. The maximum Gasteiger partial charge on any atom is 0.401 e. The number of sulfonamides is 1. The molecule has 0 saturated carbocycles. The fourth-order valence-corrected chi connectivity index (χ4v) is 3.57. The van der Waals surface area contributed by atoms with Gasteiger partial charge in [-0.3, -0.25) is 4.90 Å². The highest BCUT2D eigenvalue weighted by Gasteiger charge is 2.34.